The molecule has 3 nitrogen and oxygen atoms in total. The molecule has 1 aromatic rings. The molecule has 1 spiro atoms. The molecule has 3 heteroatoms. The zero-order valence-corrected chi connectivity index (χ0v) is 13.4. The molecule has 1 aromatic carbocycles. The SMILES string of the molecule is CCCCC(C)N1C(=O)C2(CC2)NC1c1ccc(C)cc1. The fourth-order valence-electron chi connectivity index (χ4n) is 3.33. The van der Waals surface area contributed by atoms with Crippen molar-refractivity contribution >= 4 is 5.91 Å². The number of nitrogens with one attached hydrogen (secondary N) is 1. The number of carbonyl (C=O) groups is 1. The maximum atomic E-state index is 12.8. The summed E-state index contributed by atoms with van der Waals surface area (Å²) in [5, 5.41) is 3.61. The lowest BCUT2D eigenvalue weighted by Crippen LogP contribution is -2.38. The summed E-state index contributed by atoms with van der Waals surface area (Å²) in [6, 6.07) is 8.88. The number of hydrogen-bond acceptors (Lipinski definition) is 2. The van der Waals surface area contributed by atoms with Crippen LogP contribution >= 0.6 is 0 Å². The van der Waals surface area contributed by atoms with E-state index in [1.165, 1.54) is 24.0 Å². The van der Waals surface area contributed by atoms with Gasteiger partial charge in [-0.25, -0.2) is 0 Å². The normalized spacial score (nSPS) is 24.6. The standard InChI is InChI=1S/C18H26N2O/c1-4-5-6-14(3)20-16(15-9-7-13(2)8-10-15)19-18(11-12-18)17(20)21/h7-10,14,16,19H,4-6,11-12H2,1-3H3. The maximum absolute atomic E-state index is 12.8. The molecule has 21 heavy (non-hydrogen) atoms. The van der Waals surface area contributed by atoms with Gasteiger partial charge in [-0.15, -0.1) is 0 Å². The minimum absolute atomic E-state index is 0.0486. The number of carbonyl (C=O) groups excluding carboxylic acids is 1. The van der Waals surface area contributed by atoms with Crippen molar-refractivity contribution in [3.8, 4) is 0 Å². The highest BCUT2D eigenvalue weighted by atomic mass is 16.2. The molecule has 114 valence electrons. The van der Waals surface area contributed by atoms with Gasteiger partial charge in [-0.2, -0.15) is 0 Å². The summed E-state index contributed by atoms with van der Waals surface area (Å²) in [4.78, 5) is 14.9. The Balaban J connectivity index is 1.85. The fourth-order valence-corrected chi connectivity index (χ4v) is 3.33. The Morgan fingerprint density at radius 1 is 1.33 bits per heavy atom. The predicted molar refractivity (Wildman–Crippen MR) is 84.9 cm³/mol. The summed E-state index contributed by atoms with van der Waals surface area (Å²) in [5.74, 6) is 0.316. The van der Waals surface area contributed by atoms with Crippen molar-refractivity contribution in [1.82, 2.24) is 10.2 Å². The van der Waals surface area contributed by atoms with Crippen molar-refractivity contribution in [3.05, 3.63) is 35.4 Å². The summed E-state index contributed by atoms with van der Waals surface area (Å²) >= 11 is 0. The summed E-state index contributed by atoms with van der Waals surface area (Å²) < 4.78 is 0. The molecule has 1 saturated carbocycles. The molecule has 0 bridgehead atoms. The van der Waals surface area contributed by atoms with Gasteiger partial charge >= 0.3 is 0 Å². The third kappa shape index (κ3) is 2.59. The van der Waals surface area contributed by atoms with Crippen LogP contribution in [0.3, 0.4) is 0 Å². The largest absolute Gasteiger partial charge is 0.319 e. The molecule has 2 unspecified atom stereocenters. The third-order valence-corrected chi connectivity index (χ3v) is 4.93. The van der Waals surface area contributed by atoms with Crippen LogP contribution in [-0.4, -0.2) is 22.4 Å². The van der Waals surface area contributed by atoms with Gasteiger partial charge in [0.2, 0.25) is 5.91 Å². The summed E-state index contributed by atoms with van der Waals surface area (Å²) in [6.45, 7) is 6.50. The van der Waals surface area contributed by atoms with Crippen molar-refractivity contribution in [2.24, 2.45) is 0 Å². The number of rotatable bonds is 5. The van der Waals surface area contributed by atoms with Gasteiger partial charge in [-0.05, 0) is 38.7 Å². The molecule has 1 aliphatic heterocycles. The van der Waals surface area contributed by atoms with E-state index in [2.05, 4.69) is 55.3 Å². The first-order valence-electron chi connectivity index (χ1n) is 8.24. The average Bonchev–Trinajstić information content (AvgIpc) is 3.19. The van der Waals surface area contributed by atoms with Crippen LogP contribution in [0.5, 0.6) is 0 Å². The number of nitrogens with zero attached hydrogens (tertiary/aromatic N) is 1. The van der Waals surface area contributed by atoms with Crippen molar-refractivity contribution in [3.63, 3.8) is 0 Å². The fraction of sp³-hybridized carbons (Fsp3) is 0.611. The van der Waals surface area contributed by atoms with Gasteiger partial charge in [0.05, 0.1) is 0 Å². The molecule has 2 fully saturated rings. The lowest BCUT2D eigenvalue weighted by Gasteiger charge is -2.30. The van der Waals surface area contributed by atoms with Crippen LogP contribution in [0, 0.1) is 6.92 Å². The van der Waals surface area contributed by atoms with Crippen molar-refractivity contribution < 1.29 is 4.79 Å². The number of benzene rings is 1. The highest BCUT2D eigenvalue weighted by Gasteiger charge is 2.60. The zero-order chi connectivity index (χ0) is 15.0. The number of amides is 1. The monoisotopic (exact) mass is 286 g/mol. The van der Waals surface area contributed by atoms with Gasteiger partial charge in [0, 0.05) is 6.04 Å². The van der Waals surface area contributed by atoms with Crippen LogP contribution in [0.15, 0.2) is 24.3 Å². The van der Waals surface area contributed by atoms with Gasteiger partial charge in [-0.1, -0.05) is 49.6 Å². The third-order valence-electron chi connectivity index (χ3n) is 4.93. The Bertz CT molecular complexity index is 519. The Hall–Kier alpha value is -1.35. The molecule has 2 aliphatic rings. The van der Waals surface area contributed by atoms with E-state index in [9.17, 15) is 4.79 Å². The van der Waals surface area contributed by atoms with Gasteiger partial charge in [-0.3, -0.25) is 10.1 Å². The number of unbranched alkanes of at least 4 members (excludes halogenated alkanes) is 1. The van der Waals surface area contributed by atoms with Crippen LogP contribution in [0.2, 0.25) is 0 Å². The minimum Gasteiger partial charge on any atom is -0.319 e. The van der Waals surface area contributed by atoms with E-state index in [0.29, 0.717) is 11.9 Å². The molecule has 2 atom stereocenters. The van der Waals surface area contributed by atoms with Crippen LogP contribution in [0.4, 0.5) is 0 Å². The van der Waals surface area contributed by atoms with E-state index in [0.717, 1.165) is 19.3 Å². The van der Waals surface area contributed by atoms with E-state index in [-0.39, 0.29) is 11.7 Å². The molecule has 0 aromatic heterocycles. The topological polar surface area (TPSA) is 32.3 Å². The first kappa shape index (κ1) is 14.6. The number of hydrogen-bond donors (Lipinski definition) is 1. The highest BCUT2D eigenvalue weighted by molar-refractivity contribution is 5.92. The molecule has 1 amide bonds. The number of aryl methyl sites for hydroxylation is 1. The Kier molecular flexibility index (Phi) is 3.78. The minimum atomic E-state index is -0.240. The quantitative estimate of drug-likeness (QED) is 0.898. The molecular weight excluding hydrogens is 260 g/mol. The molecule has 1 heterocycles. The van der Waals surface area contributed by atoms with Crippen LogP contribution in [0.25, 0.3) is 0 Å². The lowest BCUT2D eigenvalue weighted by atomic mass is 10.1. The van der Waals surface area contributed by atoms with E-state index < -0.39 is 0 Å². The van der Waals surface area contributed by atoms with Gasteiger partial charge in [0.15, 0.2) is 0 Å². The Labute approximate surface area is 127 Å². The van der Waals surface area contributed by atoms with E-state index in [1.54, 1.807) is 0 Å². The summed E-state index contributed by atoms with van der Waals surface area (Å²) in [6.07, 6.45) is 5.48. The molecule has 1 aliphatic carbocycles. The van der Waals surface area contributed by atoms with Gasteiger partial charge in [0.25, 0.3) is 0 Å². The van der Waals surface area contributed by atoms with Crippen LogP contribution < -0.4 is 5.32 Å². The second-order valence-corrected chi connectivity index (χ2v) is 6.74. The average molecular weight is 286 g/mol. The molecule has 1 N–H and O–H groups in total. The molecule has 3 rings (SSSR count). The molecular formula is C18H26N2O. The van der Waals surface area contributed by atoms with Crippen LogP contribution in [-0.2, 0) is 4.79 Å². The first-order valence-corrected chi connectivity index (χ1v) is 8.24. The second kappa shape index (κ2) is 5.45. The molecule has 0 radical (unpaired) electrons. The lowest BCUT2D eigenvalue weighted by molar-refractivity contribution is -0.132. The van der Waals surface area contributed by atoms with Crippen LogP contribution in [0.1, 0.15) is 63.2 Å². The van der Waals surface area contributed by atoms with Gasteiger partial charge < -0.3 is 4.90 Å². The molecule has 1 saturated heterocycles. The first-order chi connectivity index (χ1) is 10.1. The van der Waals surface area contributed by atoms with Crippen molar-refractivity contribution in [2.75, 3.05) is 0 Å². The predicted octanol–water partition coefficient (Wildman–Crippen LogP) is 3.54. The second-order valence-electron chi connectivity index (χ2n) is 6.74. The van der Waals surface area contributed by atoms with Gasteiger partial charge in [0.1, 0.15) is 11.7 Å². The van der Waals surface area contributed by atoms with E-state index >= 15 is 0 Å². The summed E-state index contributed by atoms with van der Waals surface area (Å²) in [7, 11) is 0. The Morgan fingerprint density at radius 3 is 2.57 bits per heavy atom. The Morgan fingerprint density at radius 2 is 2.00 bits per heavy atom. The summed E-state index contributed by atoms with van der Waals surface area (Å²) in [5.41, 5.74) is 2.23. The highest BCUT2D eigenvalue weighted by Crippen LogP contribution is 2.47. The smallest absolute Gasteiger partial charge is 0.244 e. The van der Waals surface area contributed by atoms with E-state index in [1.807, 2.05) is 0 Å². The zero-order valence-electron chi connectivity index (χ0n) is 13.4. The van der Waals surface area contributed by atoms with Crippen molar-refractivity contribution in [1.29, 1.82) is 0 Å². The maximum Gasteiger partial charge on any atom is 0.244 e. The van der Waals surface area contributed by atoms with Crippen molar-refractivity contribution in [2.45, 2.75) is 70.6 Å². The van der Waals surface area contributed by atoms with E-state index in [4.69, 9.17) is 0 Å².